The molecule has 2 unspecified atom stereocenters. The molecule has 1 aromatic rings. The number of rotatable bonds is 7. The number of ether oxygens (including phenoxy) is 1. The van der Waals surface area contributed by atoms with Crippen LogP contribution in [0.25, 0.3) is 0 Å². The number of nitrogens with two attached hydrogens (primary N) is 1. The van der Waals surface area contributed by atoms with Gasteiger partial charge in [0.2, 0.25) is 0 Å². The van der Waals surface area contributed by atoms with Crippen LogP contribution in [-0.2, 0) is 4.74 Å². The largest absolute Gasteiger partial charge is 0.371 e. The van der Waals surface area contributed by atoms with Crippen molar-refractivity contribution < 1.29 is 4.74 Å². The fourth-order valence-corrected chi connectivity index (χ4v) is 2.36. The van der Waals surface area contributed by atoms with Crippen LogP contribution in [0.3, 0.4) is 0 Å². The standard InChI is InChI=1S/C13H23NOS/c1-4-11(14)13(12-6-5-9-16-12)15-8-7-10(2)3/h5-6,9-11,13H,4,7-8,14H2,1-3H3. The van der Waals surface area contributed by atoms with Crippen molar-refractivity contribution in [2.75, 3.05) is 6.61 Å². The minimum atomic E-state index is 0.0729. The lowest BCUT2D eigenvalue weighted by molar-refractivity contribution is 0.0298. The Balaban J connectivity index is 2.52. The first-order chi connectivity index (χ1) is 7.65. The van der Waals surface area contributed by atoms with E-state index in [4.69, 9.17) is 10.5 Å². The Morgan fingerprint density at radius 1 is 1.44 bits per heavy atom. The molecule has 0 amide bonds. The van der Waals surface area contributed by atoms with Crippen molar-refractivity contribution in [3.63, 3.8) is 0 Å². The molecular weight excluding hydrogens is 218 g/mol. The van der Waals surface area contributed by atoms with Gasteiger partial charge in [-0.2, -0.15) is 0 Å². The van der Waals surface area contributed by atoms with Gasteiger partial charge < -0.3 is 10.5 Å². The van der Waals surface area contributed by atoms with Gasteiger partial charge in [0.25, 0.3) is 0 Å². The van der Waals surface area contributed by atoms with Gasteiger partial charge in [-0.3, -0.25) is 0 Å². The highest BCUT2D eigenvalue weighted by atomic mass is 32.1. The van der Waals surface area contributed by atoms with Crippen LogP contribution >= 0.6 is 11.3 Å². The maximum absolute atomic E-state index is 6.11. The van der Waals surface area contributed by atoms with Gasteiger partial charge in [0.05, 0.1) is 0 Å². The Kier molecular flexibility index (Phi) is 6.03. The van der Waals surface area contributed by atoms with Gasteiger partial charge in [-0.25, -0.2) is 0 Å². The summed E-state index contributed by atoms with van der Waals surface area (Å²) >= 11 is 1.73. The molecule has 0 fully saturated rings. The summed E-state index contributed by atoms with van der Waals surface area (Å²) in [4.78, 5) is 1.25. The van der Waals surface area contributed by atoms with Crippen LogP contribution in [0.1, 0.15) is 44.6 Å². The van der Waals surface area contributed by atoms with Gasteiger partial charge in [0.1, 0.15) is 6.10 Å². The smallest absolute Gasteiger partial charge is 0.107 e. The Bertz CT molecular complexity index is 271. The van der Waals surface area contributed by atoms with Crippen molar-refractivity contribution in [1.82, 2.24) is 0 Å². The third kappa shape index (κ3) is 4.24. The number of thiophene rings is 1. The van der Waals surface area contributed by atoms with E-state index in [9.17, 15) is 0 Å². The van der Waals surface area contributed by atoms with E-state index in [1.807, 2.05) is 0 Å². The van der Waals surface area contributed by atoms with E-state index in [0.29, 0.717) is 5.92 Å². The molecule has 0 bridgehead atoms. The van der Waals surface area contributed by atoms with Gasteiger partial charge in [-0.05, 0) is 30.2 Å². The summed E-state index contributed by atoms with van der Waals surface area (Å²) in [6.07, 6.45) is 2.12. The van der Waals surface area contributed by atoms with Gasteiger partial charge >= 0.3 is 0 Å². The van der Waals surface area contributed by atoms with Crippen LogP contribution in [0.15, 0.2) is 17.5 Å². The molecule has 16 heavy (non-hydrogen) atoms. The lowest BCUT2D eigenvalue weighted by Gasteiger charge is -2.22. The molecule has 92 valence electrons. The predicted octanol–water partition coefficient (Wildman–Crippen LogP) is 3.59. The zero-order valence-electron chi connectivity index (χ0n) is 10.5. The second-order valence-electron chi connectivity index (χ2n) is 4.56. The maximum Gasteiger partial charge on any atom is 0.107 e. The maximum atomic E-state index is 6.11. The summed E-state index contributed by atoms with van der Waals surface area (Å²) in [6.45, 7) is 7.33. The van der Waals surface area contributed by atoms with Gasteiger partial charge in [0, 0.05) is 17.5 Å². The van der Waals surface area contributed by atoms with Crippen LogP contribution in [0.5, 0.6) is 0 Å². The van der Waals surface area contributed by atoms with Gasteiger partial charge in [-0.1, -0.05) is 26.8 Å². The lowest BCUT2D eigenvalue weighted by Crippen LogP contribution is -2.29. The van der Waals surface area contributed by atoms with Crippen LogP contribution in [-0.4, -0.2) is 12.6 Å². The Morgan fingerprint density at radius 3 is 2.69 bits per heavy atom. The molecule has 3 heteroatoms. The van der Waals surface area contributed by atoms with Crippen molar-refractivity contribution in [1.29, 1.82) is 0 Å². The van der Waals surface area contributed by atoms with Crippen LogP contribution < -0.4 is 5.73 Å². The third-order valence-corrected chi connectivity index (χ3v) is 3.61. The fraction of sp³-hybridized carbons (Fsp3) is 0.692. The van der Waals surface area contributed by atoms with E-state index in [1.165, 1.54) is 4.88 Å². The van der Waals surface area contributed by atoms with Crippen molar-refractivity contribution in [2.24, 2.45) is 11.7 Å². The highest BCUT2D eigenvalue weighted by Gasteiger charge is 2.19. The van der Waals surface area contributed by atoms with E-state index in [1.54, 1.807) is 11.3 Å². The first kappa shape index (κ1) is 13.7. The minimum Gasteiger partial charge on any atom is -0.371 e. The van der Waals surface area contributed by atoms with Crippen molar-refractivity contribution in [3.8, 4) is 0 Å². The van der Waals surface area contributed by atoms with E-state index < -0.39 is 0 Å². The van der Waals surface area contributed by atoms with E-state index in [-0.39, 0.29) is 12.1 Å². The number of hydrogen-bond donors (Lipinski definition) is 1. The highest BCUT2D eigenvalue weighted by Crippen LogP contribution is 2.26. The Hall–Kier alpha value is -0.380. The Morgan fingerprint density at radius 2 is 2.19 bits per heavy atom. The van der Waals surface area contributed by atoms with Crippen molar-refractivity contribution in [3.05, 3.63) is 22.4 Å². The quantitative estimate of drug-likeness (QED) is 0.791. The first-order valence-corrected chi connectivity index (χ1v) is 6.93. The molecule has 0 saturated heterocycles. The third-order valence-electron chi connectivity index (χ3n) is 2.68. The van der Waals surface area contributed by atoms with Crippen LogP contribution in [0.2, 0.25) is 0 Å². The molecule has 0 radical (unpaired) electrons. The summed E-state index contributed by atoms with van der Waals surface area (Å²) < 4.78 is 5.94. The van der Waals surface area contributed by atoms with Crippen LogP contribution in [0.4, 0.5) is 0 Å². The van der Waals surface area contributed by atoms with Gasteiger partial charge in [0.15, 0.2) is 0 Å². The normalized spacial score (nSPS) is 15.3. The molecule has 0 aliphatic rings. The molecular formula is C13H23NOS. The molecule has 0 spiro atoms. The van der Waals surface area contributed by atoms with E-state index >= 15 is 0 Å². The number of hydrogen-bond acceptors (Lipinski definition) is 3. The average molecular weight is 241 g/mol. The predicted molar refractivity (Wildman–Crippen MR) is 70.7 cm³/mol. The zero-order chi connectivity index (χ0) is 12.0. The van der Waals surface area contributed by atoms with Crippen molar-refractivity contribution in [2.45, 2.75) is 45.8 Å². The zero-order valence-corrected chi connectivity index (χ0v) is 11.3. The monoisotopic (exact) mass is 241 g/mol. The molecule has 0 saturated carbocycles. The summed E-state index contributed by atoms with van der Waals surface area (Å²) in [7, 11) is 0. The fourth-order valence-electron chi connectivity index (χ4n) is 1.51. The summed E-state index contributed by atoms with van der Waals surface area (Å²) in [5.41, 5.74) is 6.11. The van der Waals surface area contributed by atoms with E-state index in [2.05, 4.69) is 38.3 Å². The first-order valence-electron chi connectivity index (χ1n) is 6.05. The van der Waals surface area contributed by atoms with Gasteiger partial charge in [-0.15, -0.1) is 11.3 Å². The SMILES string of the molecule is CCC(N)C(OCCC(C)C)c1cccs1. The summed E-state index contributed by atoms with van der Waals surface area (Å²) in [5, 5.41) is 2.08. The molecule has 1 heterocycles. The Labute approximate surface area is 103 Å². The molecule has 2 N–H and O–H groups in total. The summed E-state index contributed by atoms with van der Waals surface area (Å²) in [6, 6.07) is 4.27. The lowest BCUT2D eigenvalue weighted by atomic mass is 10.1. The second-order valence-corrected chi connectivity index (χ2v) is 5.54. The molecule has 2 atom stereocenters. The minimum absolute atomic E-state index is 0.0729. The highest BCUT2D eigenvalue weighted by molar-refractivity contribution is 7.10. The molecule has 0 aliphatic heterocycles. The molecule has 1 aromatic heterocycles. The molecule has 0 aliphatic carbocycles. The topological polar surface area (TPSA) is 35.2 Å². The van der Waals surface area contributed by atoms with Crippen molar-refractivity contribution >= 4 is 11.3 Å². The molecule has 0 aromatic carbocycles. The van der Waals surface area contributed by atoms with Crippen LogP contribution in [0, 0.1) is 5.92 Å². The second kappa shape index (κ2) is 7.05. The summed E-state index contributed by atoms with van der Waals surface area (Å²) in [5.74, 6) is 0.682. The average Bonchev–Trinajstić information content (AvgIpc) is 2.76. The molecule has 1 rings (SSSR count). The van der Waals surface area contributed by atoms with E-state index in [0.717, 1.165) is 19.4 Å². The molecule has 2 nitrogen and oxygen atoms in total.